The number of nitrogens with one attached hydrogen (secondary N) is 1. The van der Waals surface area contributed by atoms with Crippen LogP contribution in [0, 0.1) is 5.82 Å². The van der Waals surface area contributed by atoms with E-state index in [1.807, 2.05) is 13.8 Å². The van der Waals surface area contributed by atoms with Crippen molar-refractivity contribution in [2.75, 3.05) is 0 Å². The highest BCUT2D eigenvalue weighted by atomic mass is 79.9. The highest BCUT2D eigenvalue weighted by Gasteiger charge is 2.37. The van der Waals surface area contributed by atoms with Crippen molar-refractivity contribution in [3.05, 3.63) is 34.1 Å². The highest BCUT2D eigenvalue weighted by Crippen LogP contribution is 2.27. The minimum Gasteiger partial charge on any atom is -0.480 e. The van der Waals surface area contributed by atoms with Crippen LogP contribution in [-0.2, 0) is 10.3 Å². The van der Waals surface area contributed by atoms with Crippen LogP contribution in [0.4, 0.5) is 4.39 Å². The lowest BCUT2D eigenvalue weighted by Crippen LogP contribution is -2.50. The first-order valence-corrected chi connectivity index (χ1v) is 6.03. The number of hydrogen-bond acceptors (Lipinski definition) is 2. The van der Waals surface area contributed by atoms with Gasteiger partial charge >= 0.3 is 5.97 Å². The van der Waals surface area contributed by atoms with Crippen LogP contribution >= 0.6 is 15.9 Å². The second kappa shape index (κ2) is 5.14. The van der Waals surface area contributed by atoms with Crippen LogP contribution in [0.2, 0.25) is 0 Å². The second-order valence-electron chi connectivity index (χ2n) is 4.35. The summed E-state index contributed by atoms with van der Waals surface area (Å²) in [6, 6.07) is 4.29. The van der Waals surface area contributed by atoms with Crippen LogP contribution in [0.15, 0.2) is 22.7 Å². The van der Waals surface area contributed by atoms with Crippen molar-refractivity contribution < 1.29 is 14.3 Å². The maximum atomic E-state index is 13.8. The lowest BCUT2D eigenvalue weighted by atomic mass is 9.91. The maximum absolute atomic E-state index is 13.8. The Morgan fingerprint density at radius 3 is 2.53 bits per heavy atom. The molecule has 0 heterocycles. The smallest absolute Gasteiger partial charge is 0.328 e. The topological polar surface area (TPSA) is 49.3 Å². The van der Waals surface area contributed by atoms with Crippen molar-refractivity contribution in [2.45, 2.75) is 32.4 Å². The number of carbonyl (C=O) groups is 1. The Hall–Kier alpha value is -0.940. The van der Waals surface area contributed by atoms with Crippen LogP contribution in [0.5, 0.6) is 0 Å². The number of carboxylic acid groups (broad SMARTS) is 1. The summed E-state index contributed by atoms with van der Waals surface area (Å²) in [5.41, 5.74) is -1.30. The fourth-order valence-corrected chi connectivity index (χ4v) is 2.06. The molecule has 0 aliphatic rings. The van der Waals surface area contributed by atoms with Gasteiger partial charge in [-0.1, -0.05) is 22.0 Å². The third-order valence-electron chi connectivity index (χ3n) is 2.47. The number of aliphatic carboxylic acids is 1. The lowest BCUT2D eigenvalue weighted by molar-refractivity contribution is -0.145. The predicted molar refractivity (Wildman–Crippen MR) is 67.4 cm³/mol. The third kappa shape index (κ3) is 3.04. The summed E-state index contributed by atoms with van der Waals surface area (Å²) in [6.07, 6.45) is 0. The average molecular weight is 304 g/mol. The van der Waals surface area contributed by atoms with E-state index in [1.165, 1.54) is 19.1 Å². The summed E-state index contributed by atoms with van der Waals surface area (Å²) >= 11 is 3.14. The number of hydrogen-bond donors (Lipinski definition) is 2. The zero-order chi connectivity index (χ0) is 13.2. The first kappa shape index (κ1) is 14.1. The van der Waals surface area contributed by atoms with Crippen LogP contribution in [0.1, 0.15) is 26.3 Å². The molecule has 1 aromatic carbocycles. The molecule has 94 valence electrons. The molecule has 1 unspecified atom stereocenters. The monoisotopic (exact) mass is 303 g/mol. The molecule has 0 saturated heterocycles. The number of rotatable bonds is 4. The van der Waals surface area contributed by atoms with Gasteiger partial charge in [0, 0.05) is 16.1 Å². The van der Waals surface area contributed by atoms with E-state index < -0.39 is 17.3 Å². The van der Waals surface area contributed by atoms with E-state index in [1.54, 1.807) is 6.07 Å². The summed E-state index contributed by atoms with van der Waals surface area (Å²) in [7, 11) is 0. The van der Waals surface area contributed by atoms with Crippen molar-refractivity contribution in [3.63, 3.8) is 0 Å². The molecule has 0 fully saturated rings. The molecule has 0 aliphatic heterocycles. The molecular weight excluding hydrogens is 289 g/mol. The molecule has 0 bridgehead atoms. The van der Waals surface area contributed by atoms with Gasteiger partial charge in [-0.25, -0.2) is 9.18 Å². The lowest BCUT2D eigenvalue weighted by Gasteiger charge is -2.29. The molecule has 17 heavy (non-hydrogen) atoms. The Morgan fingerprint density at radius 1 is 1.53 bits per heavy atom. The standard InChI is InChI=1S/C12H15BrFNO2/c1-7(2)15-12(3,11(16)17)9-5-4-8(13)6-10(9)14/h4-7,15H,1-3H3,(H,16,17). The van der Waals surface area contributed by atoms with E-state index in [-0.39, 0.29) is 11.6 Å². The fraction of sp³-hybridized carbons (Fsp3) is 0.417. The SMILES string of the molecule is CC(C)NC(C)(C(=O)O)c1ccc(Br)cc1F. The molecule has 0 aromatic heterocycles. The van der Waals surface area contributed by atoms with Crippen molar-refractivity contribution in [1.82, 2.24) is 5.32 Å². The molecule has 1 atom stereocenters. The van der Waals surface area contributed by atoms with Gasteiger partial charge in [-0.15, -0.1) is 0 Å². The van der Waals surface area contributed by atoms with Crippen LogP contribution < -0.4 is 5.32 Å². The van der Waals surface area contributed by atoms with E-state index in [2.05, 4.69) is 21.2 Å². The summed E-state index contributed by atoms with van der Waals surface area (Å²) in [5, 5.41) is 12.2. The zero-order valence-corrected chi connectivity index (χ0v) is 11.5. The number of halogens is 2. The Morgan fingerprint density at radius 2 is 2.12 bits per heavy atom. The van der Waals surface area contributed by atoms with E-state index in [0.717, 1.165) is 0 Å². The molecule has 1 rings (SSSR count). The first-order valence-electron chi connectivity index (χ1n) is 5.24. The van der Waals surface area contributed by atoms with Crippen LogP contribution in [-0.4, -0.2) is 17.1 Å². The zero-order valence-electron chi connectivity index (χ0n) is 9.92. The van der Waals surface area contributed by atoms with Gasteiger partial charge < -0.3 is 5.11 Å². The second-order valence-corrected chi connectivity index (χ2v) is 5.27. The first-order chi connectivity index (χ1) is 7.77. The molecule has 0 radical (unpaired) electrons. The van der Waals surface area contributed by atoms with Crippen molar-refractivity contribution in [3.8, 4) is 0 Å². The minimum atomic E-state index is -1.43. The molecule has 0 aliphatic carbocycles. The molecule has 1 aromatic rings. The van der Waals surface area contributed by atoms with Crippen LogP contribution in [0.3, 0.4) is 0 Å². The molecule has 0 saturated carbocycles. The summed E-state index contributed by atoms with van der Waals surface area (Å²) in [5.74, 6) is -1.65. The van der Waals surface area contributed by atoms with Gasteiger partial charge in [-0.3, -0.25) is 5.32 Å². The van der Waals surface area contributed by atoms with Gasteiger partial charge in [0.25, 0.3) is 0 Å². The van der Waals surface area contributed by atoms with Crippen LogP contribution in [0.25, 0.3) is 0 Å². The Bertz CT molecular complexity index is 437. The summed E-state index contributed by atoms with van der Waals surface area (Å²) in [4.78, 5) is 11.4. The molecular formula is C12H15BrFNO2. The predicted octanol–water partition coefficient (Wildman–Crippen LogP) is 2.89. The van der Waals surface area contributed by atoms with Crippen molar-refractivity contribution in [2.24, 2.45) is 0 Å². The quantitative estimate of drug-likeness (QED) is 0.899. The number of carboxylic acids is 1. The molecule has 0 amide bonds. The number of benzene rings is 1. The Balaban J connectivity index is 3.27. The summed E-state index contributed by atoms with van der Waals surface area (Å²) in [6.45, 7) is 5.09. The third-order valence-corrected chi connectivity index (χ3v) is 2.97. The van der Waals surface area contributed by atoms with Gasteiger partial charge in [-0.05, 0) is 32.9 Å². The van der Waals surface area contributed by atoms with Gasteiger partial charge in [-0.2, -0.15) is 0 Å². The van der Waals surface area contributed by atoms with Crippen molar-refractivity contribution >= 4 is 21.9 Å². The van der Waals surface area contributed by atoms with Gasteiger partial charge in [0.15, 0.2) is 0 Å². The summed E-state index contributed by atoms with van der Waals surface area (Å²) < 4.78 is 14.4. The minimum absolute atomic E-state index is 0.0702. The largest absolute Gasteiger partial charge is 0.480 e. The molecule has 0 spiro atoms. The van der Waals surface area contributed by atoms with Gasteiger partial charge in [0.2, 0.25) is 0 Å². The molecule has 5 heteroatoms. The molecule has 3 nitrogen and oxygen atoms in total. The normalized spacial score (nSPS) is 14.7. The highest BCUT2D eigenvalue weighted by molar-refractivity contribution is 9.10. The average Bonchev–Trinajstić information content (AvgIpc) is 2.15. The van der Waals surface area contributed by atoms with E-state index >= 15 is 0 Å². The molecule has 2 N–H and O–H groups in total. The Kier molecular flexibility index (Phi) is 4.27. The van der Waals surface area contributed by atoms with E-state index in [0.29, 0.717) is 4.47 Å². The van der Waals surface area contributed by atoms with Gasteiger partial charge in [0.05, 0.1) is 0 Å². The van der Waals surface area contributed by atoms with Gasteiger partial charge in [0.1, 0.15) is 11.4 Å². The van der Waals surface area contributed by atoms with Crippen molar-refractivity contribution in [1.29, 1.82) is 0 Å². The fourth-order valence-electron chi connectivity index (χ4n) is 1.73. The van der Waals surface area contributed by atoms with E-state index in [9.17, 15) is 14.3 Å². The Labute approximate surface area is 108 Å². The maximum Gasteiger partial charge on any atom is 0.328 e. The van der Waals surface area contributed by atoms with E-state index in [4.69, 9.17) is 0 Å².